The molecule has 0 aliphatic heterocycles. The third kappa shape index (κ3) is 1.78. The minimum absolute atomic E-state index is 0.423. The largest absolute Gasteiger partial charge is 0.481 e. The number of aliphatic hydroxyl groups is 1. The molecule has 0 radical (unpaired) electrons. The number of hydrogen-bond acceptors (Lipinski definition) is 2. The van der Waals surface area contributed by atoms with Gasteiger partial charge < -0.3 is 10.2 Å². The van der Waals surface area contributed by atoms with Crippen molar-refractivity contribution in [3.05, 3.63) is 0 Å². The Morgan fingerprint density at radius 1 is 1.50 bits per heavy atom. The molecule has 0 aromatic carbocycles. The predicted octanol–water partition coefficient (Wildman–Crippen LogP) is 2.04. The maximum absolute atomic E-state index is 11.1. The Morgan fingerprint density at radius 3 is 2.50 bits per heavy atom. The number of carboxylic acids is 1. The van der Waals surface area contributed by atoms with Crippen molar-refractivity contribution in [1.29, 1.82) is 0 Å². The van der Waals surface area contributed by atoms with E-state index in [9.17, 15) is 9.90 Å². The van der Waals surface area contributed by atoms with Crippen LogP contribution in [0.15, 0.2) is 0 Å². The normalized spacial score (nSPS) is 34.1. The first-order chi connectivity index (χ1) is 6.29. The number of rotatable bonds is 2. The van der Waals surface area contributed by atoms with Gasteiger partial charge in [0.05, 0.1) is 11.0 Å². The van der Waals surface area contributed by atoms with Crippen molar-refractivity contribution < 1.29 is 15.0 Å². The van der Waals surface area contributed by atoms with E-state index in [2.05, 4.69) is 6.92 Å². The average molecular weight is 200 g/mol. The summed E-state index contributed by atoms with van der Waals surface area (Å²) in [6.07, 6.45) is 3.23. The molecule has 0 aromatic rings. The van der Waals surface area contributed by atoms with Crippen molar-refractivity contribution in [2.45, 2.75) is 52.1 Å². The lowest BCUT2D eigenvalue weighted by Gasteiger charge is -2.44. The molecule has 0 spiro atoms. The monoisotopic (exact) mass is 200 g/mol. The molecule has 0 bridgehead atoms. The first kappa shape index (κ1) is 11.5. The minimum atomic E-state index is -1.04. The van der Waals surface area contributed by atoms with Gasteiger partial charge in [-0.3, -0.25) is 4.79 Å². The SMILES string of the molecule is CC1CCCC(O)(C(C)(C)C(=O)O)C1. The topological polar surface area (TPSA) is 57.5 Å². The summed E-state index contributed by atoms with van der Waals surface area (Å²) < 4.78 is 0. The van der Waals surface area contributed by atoms with E-state index in [1.807, 2.05) is 0 Å². The summed E-state index contributed by atoms with van der Waals surface area (Å²) in [5.74, 6) is -0.485. The molecule has 0 saturated heterocycles. The van der Waals surface area contributed by atoms with Gasteiger partial charge in [0, 0.05) is 0 Å². The second kappa shape index (κ2) is 3.54. The number of aliphatic carboxylic acids is 1. The summed E-state index contributed by atoms with van der Waals surface area (Å²) in [5.41, 5.74) is -2.07. The Morgan fingerprint density at radius 2 is 2.07 bits per heavy atom. The number of carbonyl (C=O) groups is 1. The smallest absolute Gasteiger partial charge is 0.312 e. The van der Waals surface area contributed by atoms with E-state index in [-0.39, 0.29) is 0 Å². The standard InChI is InChI=1S/C11H20O3/c1-8-5-4-6-11(14,7-8)10(2,3)9(12)13/h8,14H,4-7H2,1-3H3,(H,12,13). The van der Waals surface area contributed by atoms with Crippen molar-refractivity contribution in [3.8, 4) is 0 Å². The Kier molecular flexibility index (Phi) is 2.91. The van der Waals surface area contributed by atoms with E-state index in [0.717, 1.165) is 12.8 Å². The zero-order chi connectivity index (χ0) is 11.0. The summed E-state index contributed by atoms with van der Waals surface area (Å²) in [4.78, 5) is 11.1. The van der Waals surface area contributed by atoms with Crippen LogP contribution in [0.2, 0.25) is 0 Å². The van der Waals surface area contributed by atoms with Gasteiger partial charge in [0.2, 0.25) is 0 Å². The summed E-state index contributed by atoms with van der Waals surface area (Å²) in [6.45, 7) is 5.31. The van der Waals surface area contributed by atoms with Crippen LogP contribution in [0.4, 0.5) is 0 Å². The van der Waals surface area contributed by atoms with Crippen molar-refractivity contribution >= 4 is 5.97 Å². The maximum atomic E-state index is 11.1. The van der Waals surface area contributed by atoms with Crippen LogP contribution < -0.4 is 0 Å². The van der Waals surface area contributed by atoms with Gasteiger partial charge in [-0.25, -0.2) is 0 Å². The van der Waals surface area contributed by atoms with Crippen molar-refractivity contribution in [3.63, 3.8) is 0 Å². The lowest BCUT2D eigenvalue weighted by Crippen LogP contribution is -2.52. The van der Waals surface area contributed by atoms with Gasteiger partial charge >= 0.3 is 5.97 Å². The molecule has 82 valence electrons. The molecule has 1 aliphatic carbocycles. The molecule has 14 heavy (non-hydrogen) atoms. The first-order valence-corrected chi connectivity index (χ1v) is 5.25. The van der Waals surface area contributed by atoms with Gasteiger partial charge in [0.1, 0.15) is 0 Å². The molecule has 2 N–H and O–H groups in total. The molecule has 1 fully saturated rings. The molecule has 1 rings (SSSR count). The molecular formula is C11H20O3. The van der Waals surface area contributed by atoms with Crippen LogP contribution in [-0.4, -0.2) is 21.8 Å². The Hall–Kier alpha value is -0.570. The van der Waals surface area contributed by atoms with Crippen LogP contribution in [0.25, 0.3) is 0 Å². The second-order valence-electron chi connectivity index (χ2n) is 5.16. The van der Waals surface area contributed by atoms with Gasteiger partial charge in [-0.05, 0) is 32.6 Å². The number of carboxylic acid groups (broad SMARTS) is 1. The van der Waals surface area contributed by atoms with Gasteiger partial charge in [-0.2, -0.15) is 0 Å². The minimum Gasteiger partial charge on any atom is -0.481 e. The van der Waals surface area contributed by atoms with E-state index in [0.29, 0.717) is 18.8 Å². The van der Waals surface area contributed by atoms with E-state index in [1.54, 1.807) is 13.8 Å². The zero-order valence-electron chi connectivity index (χ0n) is 9.21. The second-order valence-corrected chi connectivity index (χ2v) is 5.16. The van der Waals surface area contributed by atoms with Gasteiger partial charge in [0.15, 0.2) is 0 Å². The fourth-order valence-electron chi connectivity index (χ4n) is 2.29. The molecule has 1 saturated carbocycles. The molecule has 2 atom stereocenters. The van der Waals surface area contributed by atoms with E-state index < -0.39 is 17.0 Å². The molecule has 3 heteroatoms. The van der Waals surface area contributed by atoms with Gasteiger partial charge in [0.25, 0.3) is 0 Å². The summed E-state index contributed by atoms with van der Waals surface area (Å²) >= 11 is 0. The van der Waals surface area contributed by atoms with Crippen molar-refractivity contribution in [2.24, 2.45) is 11.3 Å². The molecule has 3 nitrogen and oxygen atoms in total. The third-order valence-electron chi connectivity index (χ3n) is 3.67. The quantitative estimate of drug-likeness (QED) is 0.717. The molecule has 0 amide bonds. The Labute approximate surface area is 85.1 Å². The highest BCUT2D eigenvalue weighted by atomic mass is 16.4. The summed E-state index contributed by atoms with van der Waals surface area (Å²) in [6, 6.07) is 0. The van der Waals surface area contributed by atoms with Crippen LogP contribution in [0.5, 0.6) is 0 Å². The first-order valence-electron chi connectivity index (χ1n) is 5.25. The Balaban J connectivity index is 2.87. The maximum Gasteiger partial charge on any atom is 0.312 e. The fraction of sp³-hybridized carbons (Fsp3) is 0.909. The number of hydrogen-bond donors (Lipinski definition) is 2. The molecule has 1 aliphatic rings. The highest BCUT2D eigenvalue weighted by molar-refractivity contribution is 5.75. The van der Waals surface area contributed by atoms with Crippen LogP contribution in [0.1, 0.15) is 46.5 Å². The predicted molar refractivity (Wildman–Crippen MR) is 54.0 cm³/mol. The van der Waals surface area contributed by atoms with Gasteiger partial charge in [-0.15, -0.1) is 0 Å². The summed E-state index contributed by atoms with van der Waals surface area (Å²) in [7, 11) is 0. The zero-order valence-corrected chi connectivity index (χ0v) is 9.21. The van der Waals surface area contributed by atoms with E-state index in [4.69, 9.17) is 5.11 Å². The Bertz CT molecular complexity index is 235. The van der Waals surface area contributed by atoms with Gasteiger partial charge in [-0.1, -0.05) is 19.8 Å². The highest BCUT2D eigenvalue weighted by Crippen LogP contribution is 2.44. The lowest BCUT2D eigenvalue weighted by atomic mass is 9.65. The lowest BCUT2D eigenvalue weighted by molar-refractivity contribution is -0.171. The van der Waals surface area contributed by atoms with Crippen LogP contribution in [0.3, 0.4) is 0 Å². The van der Waals surface area contributed by atoms with Crippen LogP contribution in [0, 0.1) is 11.3 Å². The van der Waals surface area contributed by atoms with Crippen LogP contribution >= 0.6 is 0 Å². The van der Waals surface area contributed by atoms with Crippen LogP contribution in [-0.2, 0) is 4.79 Å². The summed E-state index contributed by atoms with van der Waals surface area (Å²) in [5, 5.41) is 19.4. The molecule has 2 unspecified atom stereocenters. The third-order valence-corrected chi connectivity index (χ3v) is 3.67. The van der Waals surface area contributed by atoms with E-state index >= 15 is 0 Å². The fourth-order valence-corrected chi connectivity index (χ4v) is 2.29. The van der Waals surface area contributed by atoms with E-state index in [1.165, 1.54) is 0 Å². The van der Waals surface area contributed by atoms with Crippen molar-refractivity contribution in [2.75, 3.05) is 0 Å². The van der Waals surface area contributed by atoms with Crippen molar-refractivity contribution in [1.82, 2.24) is 0 Å². The molecule has 0 heterocycles. The molecule has 0 aromatic heterocycles. The molecular weight excluding hydrogens is 180 g/mol. The average Bonchev–Trinajstić information content (AvgIpc) is 2.03. The highest BCUT2D eigenvalue weighted by Gasteiger charge is 2.50.